The van der Waals surface area contributed by atoms with Gasteiger partial charge in [0.2, 0.25) is 0 Å². The fraction of sp³-hybridized carbons (Fsp3) is 0.267. The Morgan fingerprint density at radius 3 is 2.32 bits per heavy atom. The lowest BCUT2D eigenvalue weighted by atomic mass is 9.93. The number of rotatable bonds is 9. The average Bonchev–Trinajstić information content (AvgIpc) is 3.15. The van der Waals surface area contributed by atoms with Gasteiger partial charge in [0.25, 0.3) is 11.7 Å². The van der Waals surface area contributed by atoms with Crippen LogP contribution < -0.4 is 9.47 Å². The summed E-state index contributed by atoms with van der Waals surface area (Å²) in [6.45, 7) is 4.62. The van der Waals surface area contributed by atoms with E-state index in [4.69, 9.17) is 14.2 Å². The highest BCUT2D eigenvalue weighted by atomic mass is 16.5. The summed E-state index contributed by atoms with van der Waals surface area (Å²) in [5.41, 5.74) is 3.81. The van der Waals surface area contributed by atoms with Crippen LogP contribution in [0.4, 0.5) is 0 Å². The number of nitrogens with zero attached hydrogens (tertiary/aromatic N) is 1. The van der Waals surface area contributed by atoms with Gasteiger partial charge >= 0.3 is 0 Å². The van der Waals surface area contributed by atoms with Crippen LogP contribution in [0.5, 0.6) is 11.5 Å². The largest absolute Gasteiger partial charge is 0.507 e. The third kappa shape index (κ3) is 5.37. The van der Waals surface area contributed by atoms with E-state index in [9.17, 15) is 14.7 Å². The number of ether oxygens (including phenoxy) is 3. The molecular weight excluding hydrogens is 470 g/mol. The quantitative estimate of drug-likeness (QED) is 0.253. The van der Waals surface area contributed by atoms with Crippen LogP contribution in [0.2, 0.25) is 0 Å². The summed E-state index contributed by atoms with van der Waals surface area (Å²) in [7, 11) is 3.04. The van der Waals surface area contributed by atoms with Crippen molar-refractivity contribution in [1.29, 1.82) is 0 Å². The fourth-order valence-corrected chi connectivity index (χ4v) is 4.68. The molecule has 1 atom stereocenters. The normalized spacial score (nSPS) is 16.8. The van der Waals surface area contributed by atoms with Gasteiger partial charge in [0.1, 0.15) is 23.9 Å². The number of methoxy groups -OCH3 is 2. The molecule has 1 N–H and O–H groups in total. The van der Waals surface area contributed by atoms with Crippen molar-refractivity contribution in [1.82, 2.24) is 4.90 Å². The van der Waals surface area contributed by atoms with Crippen molar-refractivity contribution in [2.24, 2.45) is 0 Å². The summed E-state index contributed by atoms with van der Waals surface area (Å²) in [5.74, 6) is -0.594. The van der Waals surface area contributed by atoms with Crippen LogP contribution in [0.25, 0.3) is 5.76 Å². The Hall–Kier alpha value is -4.10. The minimum Gasteiger partial charge on any atom is -0.507 e. The number of aliphatic hydroxyl groups is 1. The molecule has 3 aromatic carbocycles. The van der Waals surface area contributed by atoms with Crippen molar-refractivity contribution in [2.75, 3.05) is 27.4 Å². The molecule has 37 heavy (non-hydrogen) atoms. The van der Waals surface area contributed by atoms with Crippen molar-refractivity contribution in [2.45, 2.75) is 26.5 Å². The number of benzene rings is 3. The van der Waals surface area contributed by atoms with Gasteiger partial charge in [0.05, 0.1) is 30.9 Å². The van der Waals surface area contributed by atoms with Crippen LogP contribution >= 0.6 is 0 Å². The Morgan fingerprint density at radius 2 is 1.68 bits per heavy atom. The molecule has 7 heteroatoms. The number of amides is 1. The molecule has 0 radical (unpaired) electrons. The second-order valence-corrected chi connectivity index (χ2v) is 8.99. The van der Waals surface area contributed by atoms with Crippen LogP contribution in [0.15, 0.2) is 72.3 Å². The van der Waals surface area contributed by atoms with Gasteiger partial charge in [0.15, 0.2) is 0 Å². The van der Waals surface area contributed by atoms with Crippen molar-refractivity contribution in [3.05, 3.63) is 100 Å². The number of hydrogen-bond acceptors (Lipinski definition) is 6. The zero-order valence-corrected chi connectivity index (χ0v) is 21.5. The Bertz CT molecular complexity index is 1310. The van der Waals surface area contributed by atoms with Gasteiger partial charge in [-0.1, -0.05) is 48.5 Å². The van der Waals surface area contributed by atoms with Crippen LogP contribution in [0.1, 0.15) is 33.9 Å². The molecule has 7 nitrogen and oxygen atoms in total. The zero-order valence-electron chi connectivity index (χ0n) is 21.5. The summed E-state index contributed by atoms with van der Waals surface area (Å²) >= 11 is 0. The number of carbonyl (C=O) groups is 2. The molecule has 0 bridgehead atoms. The number of carbonyl (C=O) groups excluding carboxylic acids is 2. The van der Waals surface area contributed by atoms with E-state index in [0.29, 0.717) is 29.2 Å². The van der Waals surface area contributed by atoms with E-state index in [-0.39, 0.29) is 24.5 Å². The zero-order chi connectivity index (χ0) is 26.5. The maximum atomic E-state index is 13.3. The first kappa shape index (κ1) is 26.0. The van der Waals surface area contributed by atoms with Gasteiger partial charge < -0.3 is 24.2 Å². The Labute approximate surface area is 216 Å². The first-order chi connectivity index (χ1) is 17.8. The molecule has 1 fully saturated rings. The molecule has 0 spiro atoms. The van der Waals surface area contributed by atoms with Crippen LogP contribution in [0, 0.1) is 13.8 Å². The highest BCUT2D eigenvalue weighted by Crippen LogP contribution is 2.42. The molecule has 1 aliphatic rings. The molecule has 1 aliphatic heterocycles. The number of hydrogen-bond donors (Lipinski definition) is 1. The number of likely N-dealkylation sites (tertiary alicyclic amines) is 1. The van der Waals surface area contributed by atoms with Crippen molar-refractivity contribution >= 4 is 17.4 Å². The molecule has 1 heterocycles. The summed E-state index contributed by atoms with van der Waals surface area (Å²) in [5, 5.41) is 11.5. The number of ketones is 1. The summed E-state index contributed by atoms with van der Waals surface area (Å²) < 4.78 is 16.6. The summed E-state index contributed by atoms with van der Waals surface area (Å²) in [6.07, 6.45) is 0. The third-order valence-electron chi connectivity index (χ3n) is 6.40. The highest BCUT2D eigenvalue weighted by Gasteiger charge is 2.46. The molecule has 192 valence electrons. The van der Waals surface area contributed by atoms with Gasteiger partial charge in [-0.05, 0) is 54.3 Å². The maximum absolute atomic E-state index is 13.3. The van der Waals surface area contributed by atoms with Crippen LogP contribution in [-0.2, 0) is 20.9 Å². The smallest absolute Gasteiger partial charge is 0.295 e. The lowest BCUT2D eigenvalue weighted by Crippen LogP contribution is -2.32. The van der Waals surface area contributed by atoms with Gasteiger partial charge in [-0.3, -0.25) is 9.59 Å². The molecule has 1 unspecified atom stereocenters. The second-order valence-electron chi connectivity index (χ2n) is 8.99. The van der Waals surface area contributed by atoms with E-state index in [1.807, 2.05) is 62.4 Å². The summed E-state index contributed by atoms with van der Waals surface area (Å²) in [6, 6.07) is 19.9. The Kier molecular flexibility index (Phi) is 7.94. The Balaban J connectivity index is 1.75. The van der Waals surface area contributed by atoms with E-state index in [0.717, 1.165) is 16.7 Å². The fourth-order valence-electron chi connectivity index (χ4n) is 4.68. The highest BCUT2D eigenvalue weighted by molar-refractivity contribution is 6.46. The standard InChI is InChI=1S/C30H31NO6/c1-19-16-20(2)29(36-4)24(17-19)27(32)25-26(31(14-15-35-3)30(34)28(25)33)22-10-12-23(13-11-22)37-18-21-8-6-5-7-9-21/h5-13,16-17,26,32H,14-15,18H2,1-4H3/b27-25+. The predicted molar refractivity (Wildman–Crippen MR) is 141 cm³/mol. The topological polar surface area (TPSA) is 85.3 Å². The SMILES string of the molecule is COCCN1C(=O)C(=O)/C(=C(/O)c2cc(C)cc(C)c2OC)C1c1ccc(OCc2ccccc2)cc1. The van der Waals surface area contributed by atoms with Gasteiger partial charge in [-0.15, -0.1) is 0 Å². The monoisotopic (exact) mass is 501 g/mol. The molecule has 0 saturated carbocycles. The van der Waals surface area contributed by atoms with Crippen molar-refractivity contribution in [3.8, 4) is 11.5 Å². The predicted octanol–water partition coefficient (Wildman–Crippen LogP) is 4.96. The molecule has 1 amide bonds. The molecule has 4 rings (SSSR count). The molecule has 1 saturated heterocycles. The maximum Gasteiger partial charge on any atom is 0.295 e. The summed E-state index contributed by atoms with van der Waals surface area (Å²) in [4.78, 5) is 27.8. The van der Waals surface area contributed by atoms with Crippen LogP contribution in [0.3, 0.4) is 0 Å². The minimum absolute atomic E-state index is 0.0161. The van der Waals surface area contributed by atoms with Crippen LogP contribution in [-0.4, -0.2) is 49.1 Å². The first-order valence-corrected chi connectivity index (χ1v) is 12.0. The van der Waals surface area contributed by atoms with Gasteiger partial charge in [0, 0.05) is 13.7 Å². The third-order valence-corrected chi connectivity index (χ3v) is 6.40. The number of aryl methyl sites for hydroxylation is 2. The van der Waals surface area contributed by atoms with E-state index >= 15 is 0 Å². The lowest BCUT2D eigenvalue weighted by molar-refractivity contribution is -0.140. The van der Waals surface area contributed by atoms with E-state index in [1.165, 1.54) is 19.1 Å². The molecule has 0 aromatic heterocycles. The Morgan fingerprint density at radius 1 is 0.973 bits per heavy atom. The van der Waals surface area contributed by atoms with Crippen molar-refractivity contribution < 1.29 is 28.9 Å². The minimum atomic E-state index is -0.788. The number of Topliss-reactive ketones (excluding diaryl/α,β-unsaturated/α-hetero) is 1. The van der Waals surface area contributed by atoms with E-state index in [1.54, 1.807) is 18.2 Å². The lowest BCUT2D eigenvalue weighted by Gasteiger charge is -2.25. The molecule has 3 aromatic rings. The molecule has 0 aliphatic carbocycles. The van der Waals surface area contributed by atoms with E-state index in [2.05, 4.69) is 0 Å². The second kappa shape index (κ2) is 11.3. The van der Waals surface area contributed by atoms with Gasteiger partial charge in [-0.25, -0.2) is 0 Å². The molecular formula is C30H31NO6. The first-order valence-electron chi connectivity index (χ1n) is 12.0. The van der Waals surface area contributed by atoms with Crippen molar-refractivity contribution in [3.63, 3.8) is 0 Å². The average molecular weight is 502 g/mol. The van der Waals surface area contributed by atoms with Gasteiger partial charge in [-0.2, -0.15) is 0 Å². The van der Waals surface area contributed by atoms with E-state index < -0.39 is 17.7 Å². The number of aliphatic hydroxyl groups excluding tert-OH is 1.